The lowest BCUT2D eigenvalue weighted by molar-refractivity contribution is 0.299. The molecule has 1 saturated heterocycles. The number of likely N-dealkylation sites (tertiary alicyclic amines) is 1. The average Bonchev–Trinajstić information content (AvgIpc) is 3.05. The van der Waals surface area contributed by atoms with Gasteiger partial charge in [-0.15, -0.1) is 0 Å². The van der Waals surface area contributed by atoms with E-state index in [9.17, 15) is 12.8 Å². The minimum atomic E-state index is -3.67. The monoisotopic (exact) mass is 381 g/mol. The average molecular weight is 382 g/mol. The molecule has 1 aromatic rings. The molecular formula is C19H28FN3O2S. The van der Waals surface area contributed by atoms with Gasteiger partial charge in [0, 0.05) is 19.6 Å². The first-order chi connectivity index (χ1) is 12.5. The van der Waals surface area contributed by atoms with E-state index in [1.54, 1.807) is 0 Å². The summed E-state index contributed by atoms with van der Waals surface area (Å²) < 4.78 is 38.5. The van der Waals surface area contributed by atoms with Gasteiger partial charge in [0.25, 0.3) is 0 Å². The topological polar surface area (TPSA) is 61.8 Å². The van der Waals surface area contributed by atoms with Crippen LogP contribution in [-0.2, 0) is 9.84 Å². The van der Waals surface area contributed by atoms with Crippen LogP contribution in [-0.4, -0.2) is 51.2 Å². The number of guanidine groups is 1. The molecule has 2 fully saturated rings. The zero-order chi connectivity index (χ0) is 18.6. The van der Waals surface area contributed by atoms with E-state index in [2.05, 4.69) is 15.2 Å². The molecule has 1 heterocycles. The molecule has 2 atom stereocenters. The number of benzene rings is 1. The third-order valence-corrected chi connectivity index (χ3v) is 7.13. The maximum Gasteiger partial charge on any atom is 0.193 e. The molecule has 0 amide bonds. The van der Waals surface area contributed by atoms with Gasteiger partial charge in [0.05, 0.1) is 12.3 Å². The van der Waals surface area contributed by atoms with Crippen LogP contribution < -0.4 is 5.32 Å². The fraction of sp³-hybridized carbons (Fsp3) is 0.632. The van der Waals surface area contributed by atoms with Crippen LogP contribution in [0.3, 0.4) is 0 Å². The molecule has 1 aliphatic carbocycles. The third kappa shape index (κ3) is 4.37. The van der Waals surface area contributed by atoms with Crippen molar-refractivity contribution in [2.45, 2.75) is 37.5 Å². The predicted molar refractivity (Wildman–Crippen MR) is 101 cm³/mol. The van der Waals surface area contributed by atoms with E-state index < -0.39 is 15.7 Å². The fourth-order valence-corrected chi connectivity index (χ4v) is 5.29. The van der Waals surface area contributed by atoms with Crippen LogP contribution in [0.25, 0.3) is 0 Å². The zero-order valence-corrected chi connectivity index (χ0v) is 16.1. The smallest absolute Gasteiger partial charge is 0.193 e. The Balaban J connectivity index is 1.65. The van der Waals surface area contributed by atoms with Gasteiger partial charge < -0.3 is 10.2 Å². The van der Waals surface area contributed by atoms with E-state index in [-0.39, 0.29) is 17.2 Å². The summed E-state index contributed by atoms with van der Waals surface area (Å²) in [5.41, 5.74) is 0. The summed E-state index contributed by atoms with van der Waals surface area (Å²) >= 11 is 0. The second kappa shape index (κ2) is 8.37. The Labute approximate surface area is 155 Å². The quantitative estimate of drug-likeness (QED) is 0.629. The Morgan fingerprint density at radius 2 is 1.88 bits per heavy atom. The van der Waals surface area contributed by atoms with Gasteiger partial charge in [-0.1, -0.05) is 25.0 Å². The molecular weight excluding hydrogens is 353 g/mol. The number of fused-ring (bicyclic) bond motifs is 1. The number of hydrogen-bond acceptors (Lipinski definition) is 3. The van der Waals surface area contributed by atoms with Crippen LogP contribution >= 0.6 is 0 Å². The standard InChI is InChI=1S/C19H28FN3O2S/c1-2-21-19(23-13-15-7-3-4-8-16(15)14-23)22-11-12-26(24,25)18-10-6-5-9-17(18)20/h5-6,9-10,15-16H,2-4,7-8,11-14H2,1H3,(H,21,22). The summed E-state index contributed by atoms with van der Waals surface area (Å²) in [6.07, 6.45) is 5.18. The van der Waals surface area contributed by atoms with Crippen molar-refractivity contribution in [1.29, 1.82) is 0 Å². The first-order valence-corrected chi connectivity index (χ1v) is 11.2. The first kappa shape index (κ1) is 19.1. The normalized spacial score (nSPS) is 23.8. The van der Waals surface area contributed by atoms with Crippen molar-refractivity contribution < 1.29 is 12.8 Å². The van der Waals surface area contributed by atoms with Gasteiger partial charge in [0.2, 0.25) is 0 Å². The third-order valence-electron chi connectivity index (χ3n) is 5.40. The Kier molecular flexibility index (Phi) is 6.16. The molecule has 1 saturated carbocycles. The van der Waals surface area contributed by atoms with Gasteiger partial charge in [-0.3, -0.25) is 4.99 Å². The van der Waals surface area contributed by atoms with Crippen LogP contribution in [0.2, 0.25) is 0 Å². The van der Waals surface area contributed by atoms with Crippen molar-refractivity contribution in [3.63, 3.8) is 0 Å². The Morgan fingerprint density at radius 3 is 2.50 bits per heavy atom. The summed E-state index contributed by atoms with van der Waals surface area (Å²) in [7, 11) is -3.67. The van der Waals surface area contributed by atoms with Crippen LogP contribution in [0, 0.1) is 17.7 Å². The molecule has 7 heteroatoms. The van der Waals surface area contributed by atoms with Crippen molar-refractivity contribution >= 4 is 15.8 Å². The number of rotatable bonds is 5. The molecule has 0 bridgehead atoms. The summed E-state index contributed by atoms with van der Waals surface area (Å²) in [5, 5.41) is 3.28. The van der Waals surface area contributed by atoms with E-state index in [0.29, 0.717) is 0 Å². The number of nitrogens with one attached hydrogen (secondary N) is 1. The van der Waals surface area contributed by atoms with Gasteiger partial charge in [0.1, 0.15) is 10.7 Å². The highest BCUT2D eigenvalue weighted by Gasteiger charge is 2.35. The Hall–Kier alpha value is -1.63. The van der Waals surface area contributed by atoms with Crippen molar-refractivity contribution in [2.75, 3.05) is 31.9 Å². The summed E-state index contributed by atoms with van der Waals surface area (Å²) in [6, 6.07) is 5.51. The summed E-state index contributed by atoms with van der Waals surface area (Å²) in [4.78, 5) is 6.54. The van der Waals surface area contributed by atoms with Crippen molar-refractivity contribution in [2.24, 2.45) is 16.8 Å². The zero-order valence-electron chi connectivity index (χ0n) is 15.3. The van der Waals surface area contributed by atoms with E-state index in [1.165, 1.54) is 49.9 Å². The van der Waals surface area contributed by atoms with Crippen molar-refractivity contribution in [1.82, 2.24) is 10.2 Å². The molecule has 26 heavy (non-hydrogen) atoms. The largest absolute Gasteiger partial charge is 0.357 e. The summed E-state index contributed by atoms with van der Waals surface area (Å²) in [5.74, 6) is 1.35. The molecule has 0 radical (unpaired) electrons. The van der Waals surface area contributed by atoms with Crippen LogP contribution in [0.5, 0.6) is 0 Å². The molecule has 1 aliphatic heterocycles. The van der Waals surface area contributed by atoms with Crippen molar-refractivity contribution in [3.8, 4) is 0 Å². The van der Waals surface area contributed by atoms with Crippen LogP contribution in [0.4, 0.5) is 4.39 Å². The van der Waals surface area contributed by atoms with E-state index in [1.807, 2.05) is 6.92 Å². The van der Waals surface area contributed by atoms with E-state index in [0.717, 1.165) is 37.4 Å². The van der Waals surface area contributed by atoms with E-state index in [4.69, 9.17) is 0 Å². The highest BCUT2D eigenvalue weighted by molar-refractivity contribution is 7.91. The molecule has 1 aromatic carbocycles. The number of hydrogen-bond donors (Lipinski definition) is 1. The van der Waals surface area contributed by atoms with Gasteiger partial charge >= 0.3 is 0 Å². The Bertz CT molecular complexity index is 737. The van der Waals surface area contributed by atoms with Gasteiger partial charge in [0.15, 0.2) is 15.8 Å². The number of nitrogens with zero attached hydrogens (tertiary/aromatic N) is 2. The van der Waals surface area contributed by atoms with Gasteiger partial charge in [-0.25, -0.2) is 12.8 Å². The molecule has 0 aromatic heterocycles. The van der Waals surface area contributed by atoms with Gasteiger partial charge in [-0.05, 0) is 43.7 Å². The Morgan fingerprint density at radius 1 is 1.23 bits per heavy atom. The lowest BCUT2D eigenvalue weighted by Gasteiger charge is -2.22. The SMILES string of the molecule is CCNC(=NCCS(=O)(=O)c1ccccc1F)N1CC2CCCCC2C1. The van der Waals surface area contributed by atoms with Gasteiger partial charge in [-0.2, -0.15) is 0 Å². The molecule has 2 aliphatic rings. The second-order valence-electron chi connectivity index (χ2n) is 7.19. The minimum absolute atomic E-state index is 0.130. The maximum atomic E-state index is 13.8. The lowest BCUT2D eigenvalue weighted by Crippen LogP contribution is -2.40. The minimum Gasteiger partial charge on any atom is -0.357 e. The highest BCUT2D eigenvalue weighted by Crippen LogP contribution is 2.35. The summed E-state index contributed by atoms with van der Waals surface area (Å²) in [6.45, 7) is 4.87. The lowest BCUT2D eigenvalue weighted by atomic mass is 9.82. The molecule has 5 nitrogen and oxygen atoms in total. The first-order valence-electron chi connectivity index (χ1n) is 9.52. The van der Waals surface area contributed by atoms with Crippen LogP contribution in [0.15, 0.2) is 34.2 Å². The highest BCUT2D eigenvalue weighted by atomic mass is 32.2. The predicted octanol–water partition coefficient (Wildman–Crippen LogP) is 2.69. The molecule has 1 N–H and O–H groups in total. The molecule has 144 valence electrons. The maximum absolute atomic E-state index is 13.8. The number of halogens is 1. The number of sulfone groups is 1. The van der Waals surface area contributed by atoms with E-state index >= 15 is 0 Å². The molecule has 2 unspecified atom stereocenters. The second-order valence-corrected chi connectivity index (χ2v) is 9.27. The molecule has 3 rings (SSSR count). The molecule has 0 spiro atoms. The van der Waals surface area contributed by atoms with Crippen molar-refractivity contribution in [3.05, 3.63) is 30.1 Å². The number of aliphatic imine (C=N–C) groups is 1. The fourth-order valence-electron chi connectivity index (χ4n) is 4.08. The van der Waals surface area contributed by atoms with Crippen LogP contribution in [0.1, 0.15) is 32.6 Å².